The van der Waals surface area contributed by atoms with Gasteiger partial charge >= 0.3 is 0 Å². The van der Waals surface area contributed by atoms with Crippen LogP contribution >= 0.6 is 0 Å². The molecule has 0 aliphatic heterocycles. The van der Waals surface area contributed by atoms with Gasteiger partial charge in [-0.15, -0.1) is 0 Å². The zero-order chi connectivity index (χ0) is 33.8. The van der Waals surface area contributed by atoms with Gasteiger partial charge in [-0.1, -0.05) is 78.4 Å². The molecule has 9 rings (SSSR count). The number of fused-ring (bicyclic) bond motifs is 6. The van der Waals surface area contributed by atoms with Crippen molar-refractivity contribution in [1.29, 1.82) is 5.26 Å². The monoisotopic (exact) mass is 639 g/mol. The highest BCUT2D eigenvalue weighted by molar-refractivity contribution is 6.20. The van der Waals surface area contributed by atoms with Crippen LogP contribution in [0.3, 0.4) is 0 Å². The second-order valence-electron chi connectivity index (χ2n) is 12.5. The molecule has 0 atom stereocenters. The summed E-state index contributed by atoms with van der Waals surface area (Å²) < 4.78 is 4.59. The third kappa shape index (κ3) is 4.46. The molecule has 0 unspecified atom stereocenters. The van der Waals surface area contributed by atoms with E-state index in [-0.39, 0.29) is 0 Å². The van der Waals surface area contributed by atoms with Gasteiger partial charge in [0.2, 0.25) is 0 Å². The van der Waals surface area contributed by atoms with Crippen LogP contribution in [0.25, 0.3) is 59.8 Å². The van der Waals surface area contributed by atoms with E-state index in [4.69, 9.17) is 6.57 Å². The molecule has 9 aromatic rings. The Morgan fingerprint density at radius 2 is 1.02 bits per heavy atom. The van der Waals surface area contributed by atoms with E-state index in [0.717, 1.165) is 72.0 Å². The maximum absolute atomic E-state index is 9.49. The maximum Gasteiger partial charge on any atom is 0.187 e. The van der Waals surface area contributed by atoms with Gasteiger partial charge in [0.05, 0.1) is 51.6 Å². The fraction of sp³-hybridized carbons (Fsp3) is 0.0222. The van der Waals surface area contributed by atoms with Gasteiger partial charge in [-0.05, 0) is 91.9 Å². The largest absolute Gasteiger partial charge is 0.309 e. The van der Waals surface area contributed by atoms with Crippen molar-refractivity contribution in [2.45, 2.75) is 6.92 Å². The average molecular weight is 640 g/mol. The van der Waals surface area contributed by atoms with Crippen molar-refractivity contribution < 1.29 is 0 Å². The molecule has 5 heteroatoms. The lowest BCUT2D eigenvalue weighted by Crippen LogP contribution is -2.11. The summed E-state index contributed by atoms with van der Waals surface area (Å²) >= 11 is 0. The average Bonchev–Trinajstić information content (AvgIpc) is 3.70. The zero-order valence-corrected chi connectivity index (χ0v) is 27.2. The van der Waals surface area contributed by atoms with Crippen molar-refractivity contribution in [2.24, 2.45) is 0 Å². The number of benzene rings is 7. The molecule has 0 bridgehead atoms. The first kappa shape index (κ1) is 29.1. The summed E-state index contributed by atoms with van der Waals surface area (Å²) in [7, 11) is 0. The van der Waals surface area contributed by atoms with E-state index in [1.807, 2.05) is 48.5 Å². The smallest absolute Gasteiger partial charge is 0.187 e. The van der Waals surface area contributed by atoms with Crippen LogP contribution < -0.4 is 4.90 Å². The topological polar surface area (TPSA) is 41.2 Å². The van der Waals surface area contributed by atoms with Crippen LogP contribution in [0.15, 0.2) is 158 Å². The SMILES string of the molecule is [C-]#[N+]c1ccc(-n2c3ccccc3c3c(N(c4ccc(C)cc4)c4cccc5c4c4ccccc4n5-c4ccc(C#N)cc4)cccc32)cc1. The summed E-state index contributed by atoms with van der Waals surface area (Å²) in [6.45, 7) is 9.60. The van der Waals surface area contributed by atoms with E-state index in [2.05, 4.69) is 141 Å². The van der Waals surface area contributed by atoms with E-state index < -0.39 is 0 Å². The molecular formula is C45H29N5. The van der Waals surface area contributed by atoms with Crippen molar-refractivity contribution in [3.8, 4) is 17.4 Å². The summed E-state index contributed by atoms with van der Waals surface area (Å²) in [4.78, 5) is 6.02. The number of anilines is 3. The number of para-hydroxylation sites is 2. The van der Waals surface area contributed by atoms with Crippen molar-refractivity contribution >= 4 is 66.4 Å². The lowest BCUT2D eigenvalue weighted by molar-refractivity contribution is 1.18. The number of aromatic nitrogens is 2. The Hall–Kier alpha value is -7.08. The fourth-order valence-corrected chi connectivity index (χ4v) is 7.39. The van der Waals surface area contributed by atoms with Crippen LogP contribution in [0.5, 0.6) is 0 Å². The number of nitrogens with zero attached hydrogens (tertiary/aromatic N) is 5. The Kier molecular flexibility index (Phi) is 6.73. The van der Waals surface area contributed by atoms with Crippen LogP contribution in [-0.2, 0) is 0 Å². The maximum atomic E-state index is 9.49. The first-order valence-electron chi connectivity index (χ1n) is 16.5. The molecule has 0 saturated heterocycles. The zero-order valence-electron chi connectivity index (χ0n) is 27.2. The van der Waals surface area contributed by atoms with E-state index in [9.17, 15) is 5.26 Å². The molecule has 0 aliphatic rings. The first-order chi connectivity index (χ1) is 24.6. The Bertz CT molecular complexity index is 2650. The number of hydrogen-bond donors (Lipinski definition) is 0. The van der Waals surface area contributed by atoms with Gasteiger partial charge in [0.25, 0.3) is 0 Å². The number of hydrogen-bond acceptors (Lipinski definition) is 2. The standard InChI is InChI=1S/C45H29N5/c1-30-17-23-33(24-18-30)50(42-15-7-13-40-44(42)36-9-3-5-11-38(36)48(40)34-25-19-31(29-46)20-26-34)43-16-8-14-41-45(43)37-10-4-6-12-39(37)49(41)35-27-21-32(47-2)22-28-35/h3-28H,1H3. The predicted octanol–water partition coefficient (Wildman–Crippen LogP) is 12.1. The molecule has 2 aromatic heterocycles. The van der Waals surface area contributed by atoms with Gasteiger partial charge in [0.1, 0.15) is 0 Å². The highest BCUT2D eigenvalue weighted by atomic mass is 15.2. The van der Waals surface area contributed by atoms with E-state index in [1.54, 1.807) is 0 Å². The van der Waals surface area contributed by atoms with Crippen LogP contribution in [0.4, 0.5) is 22.7 Å². The summed E-state index contributed by atoms with van der Waals surface area (Å²) in [5.41, 5.74) is 12.0. The minimum absolute atomic E-state index is 0.619. The minimum Gasteiger partial charge on any atom is -0.309 e. The van der Waals surface area contributed by atoms with Gasteiger partial charge < -0.3 is 14.0 Å². The van der Waals surface area contributed by atoms with Crippen molar-refractivity contribution in [3.05, 3.63) is 180 Å². The van der Waals surface area contributed by atoms with Crippen LogP contribution in [-0.4, -0.2) is 9.13 Å². The first-order valence-corrected chi connectivity index (χ1v) is 16.5. The summed E-state index contributed by atoms with van der Waals surface area (Å²) in [6, 6.07) is 56.8. The Morgan fingerprint density at radius 1 is 0.540 bits per heavy atom. The van der Waals surface area contributed by atoms with Crippen molar-refractivity contribution in [2.75, 3.05) is 4.90 Å². The Balaban J connectivity index is 1.38. The van der Waals surface area contributed by atoms with Gasteiger partial charge in [-0.3, -0.25) is 0 Å². The number of nitriles is 1. The Morgan fingerprint density at radius 3 is 1.52 bits per heavy atom. The lowest BCUT2D eigenvalue weighted by Gasteiger charge is -2.27. The van der Waals surface area contributed by atoms with E-state index >= 15 is 0 Å². The second kappa shape index (κ2) is 11.6. The molecule has 0 saturated carbocycles. The summed E-state index contributed by atoms with van der Waals surface area (Å²) in [6.07, 6.45) is 0. The van der Waals surface area contributed by atoms with Gasteiger partial charge in [0, 0.05) is 38.6 Å². The second-order valence-corrected chi connectivity index (χ2v) is 12.5. The summed E-state index contributed by atoms with van der Waals surface area (Å²) in [5, 5.41) is 14.1. The van der Waals surface area contributed by atoms with Gasteiger partial charge in [0.15, 0.2) is 5.69 Å². The molecule has 0 radical (unpaired) electrons. The molecule has 7 aromatic carbocycles. The quantitative estimate of drug-likeness (QED) is 0.176. The third-order valence-corrected chi connectivity index (χ3v) is 9.62. The molecule has 5 nitrogen and oxygen atoms in total. The normalized spacial score (nSPS) is 11.3. The highest BCUT2D eigenvalue weighted by Gasteiger charge is 2.24. The number of aryl methyl sites for hydroxylation is 1. The van der Waals surface area contributed by atoms with E-state index in [1.165, 1.54) is 5.56 Å². The van der Waals surface area contributed by atoms with Crippen LogP contribution in [0.1, 0.15) is 11.1 Å². The minimum atomic E-state index is 0.619. The Labute approximate surface area is 289 Å². The fourth-order valence-electron chi connectivity index (χ4n) is 7.39. The van der Waals surface area contributed by atoms with Gasteiger partial charge in [-0.2, -0.15) is 5.26 Å². The van der Waals surface area contributed by atoms with E-state index in [0.29, 0.717) is 11.3 Å². The molecule has 0 fully saturated rings. The number of rotatable bonds is 5. The molecule has 0 spiro atoms. The molecule has 0 aliphatic carbocycles. The molecule has 50 heavy (non-hydrogen) atoms. The third-order valence-electron chi connectivity index (χ3n) is 9.62. The molecule has 234 valence electrons. The highest BCUT2D eigenvalue weighted by Crippen LogP contribution is 2.47. The molecule has 0 N–H and O–H groups in total. The lowest BCUT2D eigenvalue weighted by atomic mass is 10.0. The van der Waals surface area contributed by atoms with Crippen molar-refractivity contribution in [3.63, 3.8) is 0 Å². The summed E-state index contributed by atoms with van der Waals surface area (Å²) in [5.74, 6) is 0. The molecular weight excluding hydrogens is 611 g/mol. The molecule has 2 heterocycles. The predicted molar refractivity (Wildman–Crippen MR) is 206 cm³/mol. The van der Waals surface area contributed by atoms with Crippen molar-refractivity contribution in [1.82, 2.24) is 9.13 Å². The molecule has 0 amide bonds. The van der Waals surface area contributed by atoms with Crippen LogP contribution in [0.2, 0.25) is 0 Å². The van der Waals surface area contributed by atoms with Gasteiger partial charge in [-0.25, -0.2) is 4.85 Å². The van der Waals surface area contributed by atoms with Crippen LogP contribution in [0, 0.1) is 24.8 Å².